The number of nitrogens with zero attached hydrogens (tertiary/aromatic N) is 3. The quantitative estimate of drug-likeness (QED) is 0.382. The van der Waals surface area contributed by atoms with Crippen LogP contribution in [0.25, 0.3) is 6.08 Å². The molecule has 2 aromatic rings. The van der Waals surface area contributed by atoms with Crippen molar-refractivity contribution in [2.45, 2.75) is 34.1 Å². The number of nitrogens with one attached hydrogen (secondary N) is 1. The number of aliphatic imine (C=N–C) groups is 1. The lowest BCUT2D eigenvalue weighted by molar-refractivity contribution is -0.114. The predicted octanol–water partition coefficient (Wildman–Crippen LogP) is 5.19. The second-order valence-corrected chi connectivity index (χ2v) is 9.01. The fourth-order valence-corrected chi connectivity index (χ4v) is 4.33. The molecule has 0 aliphatic carbocycles. The Kier molecular flexibility index (Phi) is 7.55. The molecule has 4 rings (SSSR count). The summed E-state index contributed by atoms with van der Waals surface area (Å²) in [6.45, 7) is 9.10. The lowest BCUT2D eigenvalue weighted by Gasteiger charge is -2.20. The van der Waals surface area contributed by atoms with Gasteiger partial charge in [0.1, 0.15) is 24.0 Å². The molecule has 0 fully saturated rings. The van der Waals surface area contributed by atoms with E-state index in [0.717, 1.165) is 28.3 Å². The number of hydrogen-bond acceptors (Lipinski definition) is 7. The molecule has 9 heteroatoms. The van der Waals surface area contributed by atoms with E-state index >= 15 is 0 Å². The van der Waals surface area contributed by atoms with Crippen molar-refractivity contribution < 1.29 is 19.0 Å². The van der Waals surface area contributed by atoms with Crippen LogP contribution in [0.15, 0.2) is 52.1 Å². The van der Waals surface area contributed by atoms with Gasteiger partial charge in [0.25, 0.3) is 5.91 Å². The second kappa shape index (κ2) is 10.8. The molecule has 0 atom stereocenters. The molecule has 0 saturated carbocycles. The fourth-order valence-electron chi connectivity index (χ4n) is 3.51. The molecule has 0 saturated heterocycles. The Morgan fingerprint density at radius 3 is 2.51 bits per heavy atom. The third-order valence-electron chi connectivity index (χ3n) is 5.32. The number of benzene rings is 2. The summed E-state index contributed by atoms with van der Waals surface area (Å²) in [5.41, 5.74) is 3.09. The highest BCUT2D eigenvalue weighted by atomic mass is 32.2. The number of rotatable bonds is 9. The molecule has 8 nitrogen and oxygen atoms in total. The highest BCUT2D eigenvalue weighted by Crippen LogP contribution is 2.32. The first kappa shape index (κ1) is 24.5. The number of aryl methyl sites for hydroxylation is 2. The summed E-state index contributed by atoms with van der Waals surface area (Å²) in [6, 6.07) is 11.5. The predicted molar refractivity (Wildman–Crippen MR) is 140 cm³/mol. The van der Waals surface area contributed by atoms with Crippen LogP contribution in [-0.2, 0) is 4.79 Å². The molecule has 2 heterocycles. The number of fused-ring (bicyclic) bond motifs is 1. The van der Waals surface area contributed by atoms with Gasteiger partial charge in [-0.2, -0.15) is 15.1 Å². The first-order valence-electron chi connectivity index (χ1n) is 11.5. The topological polar surface area (TPSA) is 96.6 Å². The maximum atomic E-state index is 12.6. The Balaban J connectivity index is 1.47. The molecule has 0 aromatic heterocycles. The van der Waals surface area contributed by atoms with E-state index in [1.807, 2.05) is 45.9 Å². The van der Waals surface area contributed by atoms with E-state index in [1.54, 1.807) is 18.2 Å². The molecule has 2 aromatic carbocycles. The minimum Gasteiger partial charge on any atom is -0.490 e. The van der Waals surface area contributed by atoms with Gasteiger partial charge in [-0.05, 0) is 79.9 Å². The maximum absolute atomic E-state index is 12.6. The van der Waals surface area contributed by atoms with E-state index in [9.17, 15) is 4.79 Å². The van der Waals surface area contributed by atoms with Crippen molar-refractivity contribution in [1.29, 1.82) is 5.41 Å². The second-order valence-electron chi connectivity index (χ2n) is 7.97. The molecular weight excluding hydrogens is 464 g/mol. The van der Waals surface area contributed by atoms with E-state index in [0.29, 0.717) is 42.1 Å². The highest BCUT2D eigenvalue weighted by molar-refractivity contribution is 8.26. The molecule has 1 N–H and O–H groups in total. The van der Waals surface area contributed by atoms with E-state index < -0.39 is 5.91 Å². The summed E-state index contributed by atoms with van der Waals surface area (Å²) in [5, 5.41) is 15.5. The number of carbonyl (C=O) groups is 1. The van der Waals surface area contributed by atoms with Crippen molar-refractivity contribution in [3.63, 3.8) is 0 Å². The van der Waals surface area contributed by atoms with Gasteiger partial charge in [-0.25, -0.2) is 0 Å². The normalized spacial score (nSPS) is 16.2. The lowest BCUT2D eigenvalue weighted by Crippen LogP contribution is -2.35. The average Bonchev–Trinajstić information content (AvgIpc) is 3.26. The van der Waals surface area contributed by atoms with Crippen molar-refractivity contribution in [3.8, 4) is 17.2 Å². The number of thioether (sulfide) groups is 1. The molecule has 1 amide bonds. The Labute approximate surface area is 209 Å². The summed E-state index contributed by atoms with van der Waals surface area (Å²) >= 11 is 1.32. The van der Waals surface area contributed by atoms with Gasteiger partial charge in [0.2, 0.25) is 5.17 Å². The monoisotopic (exact) mass is 492 g/mol. The van der Waals surface area contributed by atoms with E-state index in [4.69, 9.17) is 19.6 Å². The zero-order chi connectivity index (χ0) is 24.9. The smallest absolute Gasteiger partial charge is 0.283 e. The molecular formula is C26H28N4O4S. The van der Waals surface area contributed by atoms with Gasteiger partial charge in [0.05, 0.1) is 12.2 Å². The van der Waals surface area contributed by atoms with Crippen LogP contribution >= 0.6 is 11.8 Å². The van der Waals surface area contributed by atoms with Crippen molar-refractivity contribution >= 4 is 39.8 Å². The van der Waals surface area contributed by atoms with Gasteiger partial charge in [-0.1, -0.05) is 25.1 Å². The standard InChI is InChI=1S/C26H28N4O4S/c1-5-23-29-30-24(27)19(25(31)28-26(30)35-23)14-18-9-10-20(22(15-18)32-6-2)33-11-12-34-21-13-16(3)7-8-17(21)4/h7-10,13-15,27H,5-6,11-12H2,1-4H3/b19-14-,27-24?. The maximum Gasteiger partial charge on any atom is 0.283 e. The van der Waals surface area contributed by atoms with Crippen LogP contribution in [-0.4, -0.2) is 46.8 Å². The zero-order valence-electron chi connectivity index (χ0n) is 20.3. The van der Waals surface area contributed by atoms with Gasteiger partial charge in [0.15, 0.2) is 17.3 Å². The van der Waals surface area contributed by atoms with Gasteiger partial charge >= 0.3 is 0 Å². The number of carbonyl (C=O) groups excluding carboxylic acids is 1. The van der Waals surface area contributed by atoms with Crippen LogP contribution in [0.3, 0.4) is 0 Å². The number of ether oxygens (including phenoxy) is 3. The van der Waals surface area contributed by atoms with Crippen molar-refractivity contribution in [2.75, 3.05) is 19.8 Å². The minimum atomic E-state index is -0.455. The summed E-state index contributed by atoms with van der Waals surface area (Å²) in [7, 11) is 0. The first-order valence-corrected chi connectivity index (χ1v) is 12.3. The van der Waals surface area contributed by atoms with Crippen LogP contribution in [0.4, 0.5) is 0 Å². The van der Waals surface area contributed by atoms with E-state index in [1.165, 1.54) is 16.8 Å². The van der Waals surface area contributed by atoms with Crippen LogP contribution in [0.2, 0.25) is 0 Å². The third-order valence-corrected chi connectivity index (χ3v) is 6.37. The summed E-state index contributed by atoms with van der Waals surface area (Å²) in [4.78, 5) is 16.7. The van der Waals surface area contributed by atoms with Crippen molar-refractivity contribution in [1.82, 2.24) is 5.01 Å². The fraction of sp³-hybridized carbons (Fsp3) is 0.308. The van der Waals surface area contributed by atoms with E-state index in [-0.39, 0.29) is 11.4 Å². The molecule has 0 unspecified atom stereocenters. The van der Waals surface area contributed by atoms with Gasteiger partial charge < -0.3 is 14.2 Å². The molecule has 35 heavy (non-hydrogen) atoms. The van der Waals surface area contributed by atoms with Gasteiger partial charge in [-0.15, -0.1) is 0 Å². The number of amides is 1. The SMILES string of the molecule is CCOc1cc(/C=C2/C(=N)N3N=C(CC)SC3=NC2=O)ccc1OCCOc1cc(C)ccc1C. The van der Waals surface area contributed by atoms with Crippen molar-refractivity contribution in [3.05, 3.63) is 58.7 Å². The lowest BCUT2D eigenvalue weighted by atomic mass is 10.1. The van der Waals surface area contributed by atoms with Crippen LogP contribution in [0, 0.1) is 19.3 Å². The Hall–Kier alpha value is -3.59. The van der Waals surface area contributed by atoms with Crippen molar-refractivity contribution in [2.24, 2.45) is 10.1 Å². The molecule has 0 spiro atoms. The summed E-state index contributed by atoms with van der Waals surface area (Å²) < 4.78 is 17.6. The van der Waals surface area contributed by atoms with Crippen LogP contribution in [0.5, 0.6) is 17.2 Å². The largest absolute Gasteiger partial charge is 0.490 e. The summed E-state index contributed by atoms with van der Waals surface area (Å²) in [5.74, 6) is 1.53. The Bertz CT molecular complexity index is 1250. The summed E-state index contributed by atoms with van der Waals surface area (Å²) in [6.07, 6.45) is 2.35. The molecule has 182 valence electrons. The molecule has 2 aliphatic heterocycles. The highest BCUT2D eigenvalue weighted by Gasteiger charge is 2.35. The van der Waals surface area contributed by atoms with E-state index in [2.05, 4.69) is 16.2 Å². The first-order chi connectivity index (χ1) is 16.9. The number of hydrogen-bond donors (Lipinski definition) is 1. The van der Waals surface area contributed by atoms with Crippen LogP contribution in [0.1, 0.15) is 37.0 Å². The number of hydrazone groups is 1. The minimum absolute atomic E-state index is 0.0119. The number of amidine groups is 2. The molecule has 0 radical (unpaired) electrons. The van der Waals surface area contributed by atoms with Gasteiger partial charge in [-0.3, -0.25) is 10.2 Å². The zero-order valence-corrected chi connectivity index (χ0v) is 21.1. The third kappa shape index (κ3) is 5.57. The molecule has 2 aliphatic rings. The Morgan fingerprint density at radius 1 is 1.00 bits per heavy atom. The molecule has 0 bridgehead atoms. The van der Waals surface area contributed by atoms with Crippen LogP contribution < -0.4 is 14.2 Å². The Morgan fingerprint density at radius 2 is 1.77 bits per heavy atom. The van der Waals surface area contributed by atoms with Gasteiger partial charge in [0, 0.05) is 0 Å². The average molecular weight is 493 g/mol.